The van der Waals surface area contributed by atoms with Gasteiger partial charge in [-0.2, -0.15) is 0 Å². The van der Waals surface area contributed by atoms with Gasteiger partial charge in [-0.25, -0.2) is 9.78 Å². The number of carbonyl (C=O) groups excluding carboxylic acids is 1. The van der Waals surface area contributed by atoms with Gasteiger partial charge in [0.2, 0.25) is 0 Å². The number of aromatic amines is 1. The molecule has 0 saturated carbocycles. The molecule has 0 aliphatic carbocycles. The molecule has 0 aliphatic rings. The molecule has 0 radical (unpaired) electrons. The molecule has 0 atom stereocenters. The lowest BCUT2D eigenvalue weighted by Gasteiger charge is -2.15. The first-order valence-corrected chi connectivity index (χ1v) is 6.28. The molecular formula is C14H18N4O. The van der Waals surface area contributed by atoms with Crippen molar-refractivity contribution in [2.45, 2.75) is 13.5 Å². The molecule has 1 aromatic heterocycles. The predicted octanol–water partition coefficient (Wildman–Crippen LogP) is 2.24. The fourth-order valence-corrected chi connectivity index (χ4v) is 1.66. The maximum atomic E-state index is 11.6. The molecule has 5 heteroatoms. The van der Waals surface area contributed by atoms with Crippen molar-refractivity contribution < 1.29 is 4.79 Å². The highest BCUT2D eigenvalue weighted by Gasteiger charge is 2.05. The topological polar surface area (TPSA) is 61.0 Å². The van der Waals surface area contributed by atoms with E-state index < -0.39 is 0 Å². The van der Waals surface area contributed by atoms with Gasteiger partial charge in [0.05, 0.1) is 0 Å². The van der Waals surface area contributed by atoms with Crippen LogP contribution in [0.5, 0.6) is 0 Å². The number of nitrogens with zero attached hydrogens (tertiary/aromatic N) is 2. The van der Waals surface area contributed by atoms with E-state index in [4.69, 9.17) is 0 Å². The van der Waals surface area contributed by atoms with Gasteiger partial charge in [-0.1, -0.05) is 24.3 Å². The number of amides is 2. The van der Waals surface area contributed by atoms with Crippen molar-refractivity contribution in [2.75, 3.05) is 13.6 Å². The number of urea groups is 1. The van der Waals surface area contributed by atoms with Crippen LogP contribution in [0.15, 0.2) is 36.7 Å². The lowest BCUT2D eigenvalue weighted by Crippen LogP contribution is -2.36. The van der Waals surface area contributed by atoms with Crippen LogP contribution in [0.4, 0.5) is 4.79 Å². The molecule has 0 saturated heterocycles. The lowest BCUT2D eigenvalue weighted by molar-refractivity contribution is 0.210. The summed E-state index contributed by atoms with van der Waals surface area (Å²) in [6.07, 6.45) is 3.52. The van der Waals surface area contributed by atoms with Gasteiger partial charge >= 0.3 is 6.03 Å². The van der Waals surface area contributed by atoms with Gasteiger partial charge < -0.3 is 15.2 Å². The average Bonchev–Trinajstić information content (AvgIpc) is 2.98. The molecule has 0 bridgehead atoms. The Morgan fingerprint density at radius 2 is 2.11 bits per heavy atom. The lowest BCUT2D eigenvalue weighted by atomic mass is 10.1. The minimum Gasteiger partial charge on any atom is -0.345 e. The smallest absolute Gasteiger partial charge is 0.317 e. The van der Waals surface area contributed by atoms with Crippen LogP contribution in [0, 0.1) is 0 Å². The summed E-state index contributed by atoms with van der Waals surface area (Å²) >= 11 is 0. The van der Waals surface area contributed by atoms with Gasteiger partial charge in [0, 0.05) is 38.1 Å². The molecule has 0 spiro atoms. The Morgan fingerprint density at radius 1 is 1.37 bits per heavy atom. The largest absolute Gasteiger partial charge is 0.345 e. The van der Waals surface area contributed by atoms with Crippen LogP contribution >= 0.6 is 0 Å². The normalized spacial score (nSPS) is 10.2. The minimum absolute atomic E-state index is 0.0578. The number of hydrogen-bond acceptors (Lipinski definition) is 2. The number of benzene rings is 1. The molecule has 0 unspecified atom stereocenters. The molecule has 0 aliphatic heterocycles. The van der Waals surface area contributed by atoms with E-state index in [1.54, 1.807) is 24.3 Å². The zero-order chi connectivity index (χ0) is 13.7. The molecule has 2 aromatic rings. The molecule has 5 nitrogen and oxygen atoms in total. The standard InChI is InChI=1S/C14H18N4O/c1-3-18(2)14(19)17-10-11-4-6-12(7-5-11)13-15-8-9-16-13/h4-9H,3,10H2,1-2H3,(H,15,16)(H,17,19). The Kier molecular flexibility index (Phi) is 4.18. The van der Waals surface area contributed by atoms with Crippen LogP contribution in [0.2, 0.25) is 0 Å². The molecular weight excluding hydrogens is 240 g/mol. The summed E-state index contributed by atoms with van der Waals surface area (Å²) in [5.74, 6) is 0.848. The molecule has 0 fully saturated rings. The van der Waals surface area contributed by atoms with Gasteiger partial charge in [-0.05, 0) is 12.5 Å². The van der Waals surface area contributed by atoms with E-state index in [-0.39, 0.29) is 6.03 Å². The Morgan fingerprint density at radius 3 is 2.68 bits per heavy atom. The minimum atomic E-state index is -0.0578. The summed E-state index contributed by atoms with van der Waals surface area (Å²) in [6.45, 7) is 3.17. The third-order valence-electron chi connectivity index (χ3n) is 2.99. The van der Waals surface area contributed by atoms with Crippen LogP contribution in [0.3, 0.4) is 0 Å². The summed E-state index contributed by atoms with van der Waals surface area (Å²) in [5.41, 5.74) is 2.10. The SMILES string of the molecule is CCN(C)C(=O)NCc1ccc(-c2ncc[nH]2)cc1. The van der Waals surface area contributed by atoms with Gasteiger partial charge in [0.1, 0.15) is 5.82 Å². The highest BCUT2D eigenvalue weighted by molar-refractivity contribution is 5.73. The number of imidazole rings is 1. The van der Waals surface area contributed by atoms with E-state index in [1.165, 1.54) is 0 Å². The second-order valence-electron chi connectivity index (χ2n) is 4.31. The third-order valence-corrected chi connectivity index (χ3v) is 2.99. The van der Waals surface area contributed by atoms with Crippen molar-refractivity contribution in [1.29, 1.82) is 0 Å². The Bertz CT molecular complexity index is 519. The Balaban J connectivity index is 1.94. The quantitative estimate of drug-likeness (QED) is 0.883. The molecule has 19 heavy (non-hydrogen) atoms. The highest BCUT2D eigenvalue weighted by atomic mass is 16.2. The zero-order valence-electron chi connectivity index (χ0n) is 11.2. The fraction of sp³-hybridized carbons (Fsp3) is 0.286. The van der Waals surface area contributed by atoms with Gasteiger partial charge in [0.25, 0.3) is 0 Å². The second-order valence-corrected chi connectivity index (χ2v) is 4.31. The first-order valence-electron chi connectivity index (χ1n) is 6.28. The van der Waals surface area contributed by atoms with Gasteiger partial charge in [-0.3, -0.25) is 0 Å². The molecule has 2 amide bonds. The van der Waals surface area contributed by atoms with Gasteiger partial charge in [-0.15, -0.1) is 0 Å². The van der Waals surface area contributed by atoms with E-state index in [0.29, 0.717) is 13.1 Å². The van der Waals surface area contributed by atoms with Crippen molar-refractivity contribution in [3.05, 3.63) is 42.2 Å². The first kappa shape index (κ1) is 13.1. The highest BCUT2D eigenvalue weighted by Crippen LogP contribution is 2.14. The summed E-state index contributed by atoms with van der Waals surface area (Å²) in [5, 5.41) is 2.87. The predicted molar refractivity (Wildman–Crippen MR) is 74.6 cm³/mol. The van der Waals surface area contributed by atoms with Gasteiger partial charge in [0.15, 0.2) is 0 Å². The molecule has 1 heterocycles. The molecule has 100 valence electrons. The van der Waals surface area contributed by atoms with Crippen molar-refractivity contribution in [2.24, 2.45) is 0 Å². The maximum absolute atomic E-state index is 11.6. The summed E-state index contributed by atoms with van der Waals surface area (Å²) < 4.78 is 0. The van der Waals surface area contributed by atoms with Crippen molar-refractivity contribution >= 4 is 6.03 Å². The number of aromatic nitrogens is 2. The molecule has 2 rings (SSSR count). The number of hydrogen-bond donors (Lipinski definition) is 2. The van der Waals surface area contributed by atoms with Crippen LogP contribution in [-0.4, -0.2) is 34.5 Å². The number of carbonyl (C=O) groups is 1. The number of H-pyrrole nitrogens is 1. The van der Waals surface area contributed by atoms with Crippen molar-refractivity contribution in [1.82, 2.24) is 20.2 Å². The second kappa shape index (κ2) is 6.04. The van der Waals surface area contributed by atoms with Crippen LogP contribution in [-0.2, 0) is 6.54 Å². The Hall–Kier alpha value is -2.30. The maximum Gasteiger partial charge on any atom is 0.317 e. The van der Waals surface area contributed by atoms with E-state index in [9.17, 15) is 4.79 Å². The first-order chi connectivity index (χ1) is 9.20. The summed E-state index contributed by atoms with van der Waals surface area (Å²) in [6, 6.07) is 7.90. The van der Waals surface area contributed by atoms with Crippen LogP contribution in [0.25, 0.3) is 11.4 Å². The number of nitrogens with one attached hydrogen (secondary N) is 2. The average molecular weight is 258 g/mol. The number of rotatable bonds is 4. The monoisotopic (exact) mass is 258 g/mol. The fourth-order valence-electron chi connectivity index (χ4n) is 1.66. The van der Waals surface area contributed by atoms with E-state index in [2.05, 4.69) is 15.3 Å². The van der Waals surface area contributed by atoms with Crippen molar-refractivity contribution in [3.63, 3.8) is 0 Å². The van der Waals surface area contributed by atoms with Crippen LogP contribution < -0.4 is 5.32 Å². The van der Waals surface area contributed by atoms with Crippen LogP contribution in [0.1, 0.15) is 12.5 Å². The van der Waals surface area contributed by atoms with Crippen molar-refractivity contribution in [3.8, 4) is 11.4 Å². The van der Waals surface area contributed by atoms with E-state index in [1.807, 2.05) is 31.2 Å². The third kappa shape index (κ3) is 3.34. The Labute approximate surface area is 112 Å². The molecule has 2 N–H and O–H groups in total. The summed E-state index contributed by atoms with van der Waals surface area (Å²) in [7, 11) is 1.77. The van der Waals surface area contributed by atoms with E-state index in [0.717, 1.165) is 17.0 Å². The summed E-state index contributed by atoms with van der Waals surface area (Å²) in [4.78, 5) is 20.5. The van der Waals surface area contributed by atoms with E-state index >= 15 is 0 Å². The molecule has 1 aromatic carbocycles. The zero-order valence-corrected chi connectivity index (χ0v) is 11.2.